The summed E-state index contributed by atoms with van der Waals surface area (Å²) in [5.74, 6) is 1.19. The number of aliphatic imine (C=N–C) groups is 1. The number of benzene rings is 1. The molecule has 1 aromatic rings. The average molecular weight is 404 g/mol. The van der Waals surface area contributed by atoms with Crippen molar-refractivity contribution in [3.05, 3.63) is 34.9 Å². The van der Waals surface area contributed by atoms with E-state index in [1.807, 2.05) is 30.1 Å². The third kappa shape index (κ3) is 3.11. The molecule has 3 amide bonds. The van der Waals surface area contributed by atoms with E-state index in [9.17, 15) is 9.59 Å². The summed E-state index contributed by atoms with van der Waals surface area (Å²) in [6.07, 6.45) is 1.84. The molecule has 3 atom stereocenters. The number of likely N-dealkylation sites (tertiary alicyclic amines) is 1. The fraction of sp³-hybridized carbons (Fsp3) is 0.550. The molecule has 4 rings (SSSR count). The second-order valence-corrected chi connectivity index (χ2v) is 8.41. The van der Waals surface area contributed by atoms with Gasteiger partial charge >= 0.3 is 6.03 Å². The Hall–Kier alpha value is -2.28. The van der Waals surface area contributed by atoms with Gasteiger partial charge in [-0.1, -0.05) is 36.7 Å². The van der Waals surface area contributed by atoms with E-state index < -0.39 is 12.2 Å². The highest BCUT2D eigenvalue weighted by molar-refractivity contribution is 6.31. The van der Waals surface area contributed by atoms with Crippen LogP contribution in [-0.2, 0) is 11.3 Å². The van der Waals surface area contributed by atoms with Gasteiger partial charge in [-0.05, 0) is 30.4 Å². The summed E-state index contributed by atoms with van der Waals surface area (Å²) in [7, 11) is 3.61. The number of amides is 3. The molecule has 150 valence electrons. The molecule has 2 fully saturated rings. The minimum Gasteiger partial charge on any atom is -0.342 e. The van der Waals surface area contributed by atoms with E-state index in [2.05, 4.69) is 11.8 Å². The quantitative estimate of drug-likeness (QED) is 0.761. The Labute approximate surface area is 170 Å². The van der Waals surface area contributed by atoms with Crippen LogP contribution in [0.1, 0.15) is 25.3 Å². The van der Waals surface area contributed by atoms with Crippen LogP contribution in [0.5, 0.6) is 0 Å². The Kier molecular flexibility index (Phi) is 4.95. The molecule has 7 nitrogen and oxygen atoms in total. The number of rotatable bonds is 2. The minimum atomic E-state index is -0.502. The van der Waals surface area contributed by atoms with Crippen molar-refractivity contribution in [1.29, 1.82) is 0 Å². The first-order valence-electron chi connectivity index (χ1n) is 9.75. The Morgan fingerprint density at radius 1 is 1.18 bits per heavy atom. The Bertz CT molecular complexity index is 829. The van der Waals surface area contributed by atoms with Gasteiger partial charge in [-0.2, -0.15) is 0 Å². The van der Waals surface area contributed by atoms with E-state index in [1.165, 1.54) is 11.3 Å². The topological polar surface area (TPSA) is 59.5 Å². The molecule has 3 unspecified atom stereocenters. The van der Waals surface area contributed by atoms with Gasteiger partial charge in [0.05, 0.1) is 6.54 Å². The molecule has 0 spiro atoms. The second kappa shape index (κ2) is 7.28. The number of piperidine rings is 1. The van der Waals surface area contributed by atoms with Crippen molar-refractivity contribution in [3.63, 3.8) is 0 Å². The largest absolute Gasteiger partial charge is 0.342 e. The van der Waals surface area contributed by atoms with Crippen molar-refractivity contribution in [2.45, 2.75) is 38.5 Å². The molecule has 3 aliphatic heterocycles. The van der Waals surface area contributed by atoms with Crippen LogP contribution in [-0.4, -0.2) is 76.9 Å². The van der Waals surface area contributed by atoms with E-state index in [-0.39, 0.29) is 18.5 Å². The maximum atomic E-state index is 13.3. The number of carbonyl (C=O) groups is 2. The lowest BCUT2D eigenvalue weighted by atomic mass is 10.0. The number of nitrogens with zero attached hydrogens (tertiary/aromatic N) is 5. The molecule has 3 aliphatic rings. The van der Waals surface area contributed by atoms with E-state index in [0.29, 0.717) is 10.9 Å². The standard InChI is InChI=1S/C20H26ClN5O2/c1-13-7-6-10-25(11-13)19-22-17-16(23(19)2)18(27)26(20(28)24(17)3)12-14-8-4-5-9-15(14)21/h4-5,8-9,13,16-17H,6-7,10-12H2,1-3H3. The lowest BCUT2D eigenvalue weighted by Gasteiger charge is -2.41. The van der Waals surface area contributed by atoms with E-state index in [0.717, 1.165) is 31.0 Å². The van der Waals surface area contributed by atoms with Crippen LogP contribution in [0, 0.1) is 5.92 Å². The van der Waals surface area contributed by atoms with Crippen LogP contribution in [0.15, 0.2) is 29.3 Å². The maximum absolute atomic E-state index is 13.3. The first-order valence-corrected chi connectivity index (χ1v) is 10.1. The summed E-state index contributed by atoms with van der Waals surface area (Å²) < 4.78 is 0. The molecular weight excluding hydrogens is 378 g/mol. The SMILES string of the molecule is CC1CCCN(C2=NC3C(C(=O)N(Cc4ccccc4Cl)C(=O)N3C)N2C)C1. The predicted octanol–water partition coefficient (Wildman–Crippen LogP) is 2.46. The Morgan fingerprint density at radius 3 is 2.64 bits per heavy atom. The molecule has 0 N–H and O–H groups in total. The number of likely N-dealkylation sites (N-methyl/N-ethyl adjacent to an activating group) is 2. The fourth-order valence-electron chi connectivity index (χ4n) is 4.37. The summed E-state index contributed by atoms with van der Waals surface area (Å²) in [5.41, 5.74) is 0.754. The van der Waals surface area contributed by atoms with Crippen molar-refractivity contribution < 1.29 is 9.59 Å². The highest BCUT2D eigenvalue weighted by atomic mass is 35.5. The zero-order valence-electron chi connectivity index (χ0n) is 16.5. The van der Waals surface area contributed by atoms with E-state index in [4.69, 9.17) is 16.6 Å². The van der Waals surface area contributed by atoms with Gasteiger partial charge in [0, 0.05) is 32.2 Å². The summed E-state index contributed by atoms with van der Waals surface area (Å²) in [6, 6.07) is 6.45. The molecule has 8 heteroatoms. The monoisotopic (exact) mass is 403 g/mol. The first kappa shape index (κ1) is 19.1. The third-order valence-electron chi connectivity index (χ3n) is 5.94. The summed E-state index contributed by atoms with van der Waals surface area (Å²) in [5, 5.41) is 0.548. The molecule has 0 bridgehead atoms. The number of guanidine groups is 1. The van der Waals surface area contributed by atoms with Crippen molar-refractivity contribution in [2.24, 2.45) is 10.9 Å². The van der Waals surface area contributed by atoms with Crippen molar-refractivity contribution >= 4 is 29.5 Å². The van der Waals surface area contributed by atoms with Crippen LogP contribution < -0.4 is 0 Å². The van der Waals surface area contributed by atoms with Gasteiger partial charge in [0.25, 0.3) is 5.91 Å². The summed E-state index contributed by atoms with van der Waals surface area (Å²) >= 11 is 6.25. The normalized spacial score (nSPS) is 28.0. The Balaban J connectivity index is 1.59. The van der Waals surface area contributed by atoms with Gasteiger partial charge < -0.3 is 14.7 Å². The highest BCUT2D eigenvalue weighted by Gasteiger charge is 2.52. The zero-order chi connectivity index (χ0) is 20.0. The second-order valence-electron chi connectivity index (χ2n) is 8.00. The van der Waals surface area contributed by atoms with Gasteiger partial charge in [0.2, 0.25) is 0 Å². The lowest BCUT2D eigenvalue weighted by Crippen LogP contribution is -2.64. The molecule has 2 saturated heterocycles. The molecule has 0 saturated carbocycles. The van der Waals surface area contributed by atoms with E-state index in [1.54, 1.807) is 18.0 Å². The number of urea groups is 1. The summed E-state index contributed by atoms with van der Waals surface area (Å²) in [6.45, 7) is 4.26. The molecular formula is C20H26ClN5O2. The van der Waals surface area contributed by atoms with Crippen molar-refractivity contribution in [1.82, 2.24) is 19.6 Å². The maximum Gasteiger partial charge on any atom is 0.328 e. The molecule has 0 aromatic heterocycles. The smallest absolute Gasteiger partial charge is 0.328 e. The van der Waals surface area contributed by atoms with Gasteiger partial charge in [-0.15, -0.1) is 0 Å². The van der Waals surface area contributed by atoms with Crippen molar-refractivity contribution in [2.75, 3.05) is 27.2 Å². The fourth-order valence-corrected chi connectivity index (χ4v) is 4.57. The molecule has 0 aliphatic carbocycles. The van der Waals surface area contributed by atoms with Gasteiger partial charge in [-0.3, -0.25) is 9.69 Å². The van der Waals surface area contributed by atoms with Gasteiger partial charge in [0.1, 0.15) is 0 Å². The number of carbonyl (C=O) groups excluding carboxylic acids is 2. The van der Waals surface area contributed by atoms with Crippen LogP contribution in [0.3, 0.4) is 0 Å². The van der Waals surface area contributed by atoms with E-state index >= 15 is 0 Å². The van der Waals surface area contributed by atoms with Crippen LogP contribution in [0.4, 0.5) is 4.79 Å². The van der Waals surface area contributed by atoms with Crippen LogP contribution in [0.25, 0.3) is 0 Å². The van der Waals surface area contributed by atoms with Crippen LogP contribution >= 0.6 is 11.6 Å². The molecule has 3 heterocycles. The first-order chi connectivity index (χ1) is 13.4. The average Bonchev–Trinajstić information content (AvgIpc) is 3.02. The van der Waals surface area contributed by atoms with Crippen molar-refractivity contribution in [3.8, 4) is 0 Å². The third-order valence-corrected chi connectivity index (χ3v) is 6.31. The minimum absolute atomic E-state index is 0.162. The molecule has 28 heavy (non-hydrogen) atoms. The number of fused-ring (bicyclic) bond motifs is 1. The lowest BCUT2D eigenvalue weighted by molar-refractivity contribution is -0.137. The zero-order valence-corrected chi connectivity index (χ0v) is 17.3. The molecule has 0 radical (unpaired) electrons. The van der Waals surface area contributed by atoms with Gasteiger partial charge in [0.15, 0.2) is 18.2 Å². The number of halogens is 1. The Morgan fingerprint density at radius 2 is 1.93 bits per heavy atom. The van der Waals surface area contributed by atoms with Gasteiger partial charge in [-0.25, -0.2) is 9.79 Å². The van der Waals surface area contributed by atoms with Crippen LogP contribution in [0.2, 0.25) is 5.02 Å². The molecule has 1 aromatic carbocycles. The number of hydrogen-bond acceptors (Lipinski definition) is 5. The highest BCUT2D eigenvalue weighted by Crippen LogP contribution is 2.30. The number of imide groups is 1. The summed E-state index contributed by atoms with van der Waals surface area (Å²) in [4.78, 5) is 38.0. The number of hydrogen-bond donors (Lipinski definition) is 0. The predicted molar refractivity (Wildman–Crippen MR) is 108 cm³/mol.